The predicted molar refractivity (Wildman–Crippen MR) is 54.7 cm³/mol. The van der Waals surface area contributed by atoms with Gasteiger partial charge in [0.2, 0.25) is 0 Å². The molecule has 0 radical (unpaired) electrons. The van der Waals surface area contributed by atoms with E-state index in [0.29, 0.717) is 0 Å². The molecule has 0 aliphatic heterocycles. The van der Waals surface area contributed by atoms with E-state index in [0.717, 1.165) is 23.4 Å². The molecule has 0 aliphatic rings. The van der Waals surface area contributed by atoms with Crippen molar-refractivity contribution in [1.29, 1.82) is 0 Å². The summed E-state index contributed by atoms with van der Waals surface area (Å²) in [4.78, 5) is 4.08. The third-order valence-electron chi connectivity index (χ3n) is 2.06. The van der Waals surface area contributed by atoms with E-state index in [1.807, 2.05) is 31.4 Å². The fourth-order valence-corrected chi connectivity index (χ4v) is 1.42. The highest BCUT2D eigenvalue weighted by atomic mass is 16.3. The molecule has 0 spiro atoms. The van der Waals surface area contributed by atoms with Crippen LogP contribution in [0.25, 0.3) is 11.1 Å². The van der Waals surface area contributed by atoms with E-state index in [1.54, 1.807) is 12.5 Å². The van der Waals surface area contributed by atoms with Crippen LogP contribution >= 0.6 is 0 Å². The van der Waals surface area contributed by atoms with Crippen molar-refractivity contribution in [2.75, 3.05) is 7.05 Å². The zero-order chi connectivity index (χ0) is 9.80. The highest BCUT2D eigenvalue weighted by Crippen LogP contribution is 2.23. The molecule has 2 aromatic heterocycles. The highest BCUT2D eigenvalue weighted by molar-refractivity contribution is 5.64. The van der Waals surface area contributed by atoms with Gasteiger partial charge < -0.3 is 9.73 Å². The summed E-state index contributed by atoms with van der Waals surface area (Å²) in [7, 11) is 1.90. The smallest absolute Gasteiger partial charge is 0.125 e. The minimum atomic E-state index is 0.733. The van der Waals surface area contributed by atoms with E-state index in [-0.39, 0.29) is 0 Å². The molecular formula is C11H12N2O. The second-order valence-corrected chi connectivity index (χ2v) is 3.03. The Bertz CT molecular complexity index is 395. The van der Waals surface area contributed by atoms with Gasteiger partial charge in [-0.1, -0.05) is 6.07 Å². The lowest BCUT2D eigenvalue weighted by atomic mass is 10.1. The van der Waals surface area contributed by atoms with Crippen molar-refractivity contribution in [3.8, 4) is 11.1 Å². The Morgan fingerprint density at radius 2 is 2.36 bits per heavy atom. The SMILES string of the molecule is CNCc1occc1-c1cccnc1. The van der Waals surface area contributed by atoms with Crippen molar-refractivity contribution in [3.05, 3.63) is 42.6 Å². The normalized spacial score (nSPS) is 10.4. The molecule has 14 heavy (non-hydrogen) atoms. The van der Waals surface area contributed by atoms with Crippen LogP contribution in [0.2, 0.25) is 0 Å². The second-order valence-electron chi connectivity index (χ2n) is 3.03. The molecule has 0 aliphatic carbocycles. The zero-order valence-electron chi connectivity index (χ0n) is 8.03. The van der Waals surface area contributed by atoms with Crippen LogP contribution in [-0.2, 0) is 6.54 Å². The van der Waals surface area contributed by atoms with Crippen LogP contribution in [0.1, 0.15) is 5.76 Å². The maximum absolute atomic E-state index is 5.37. The number of hydrogen-bond donors (Lipinski definition) is 1. The van der Waals surface area contributed by atoms with Crippen LogP contribution in [-0.4, -0.2) is 12.0 Å². The van der Waals surface area contributed by atoms with E-state index in [2.05, 4.69) is 10.3 Å². The molecule has 2 rings (SSSR count). The first-order chi connectivity index (χ1) is 6.92. The second kappa shape index (κ2) is 4.07. The van der Waals surface area contributed by atoms with E-state index >= 15 is 0 Å². The fourth-order valence-electron chi connectivity index (χ4n) is 1.42. The fraction of sp³-hybridized carbons (Fsp3) is 0.182. The van der Waals surface area contributed by atoms with Gasteiger partial charge in [-0.25, -0.2) is 0 Å². The zero-order valence-corrected chi connectivity index (χ0v) is 8.03. The van der Waals surface area contributed by atoms with Crippen LogP contribution in [0.3, 0.4) is 0 Å². The van der Waals surface area contributed by atoms with Crippen molar-refractivity contribution in [1.82, 2.24) is 10.3 Å². The lowest BCUT2D eigenvalue weighted by Gasteiger charge is -2.00. The molecule has 72 valence electrons. The van der Waals surface area contributed by atoms with Gasteiger partial charge in [-0.15, -0.1) is 0 Å². The van der Waals surface area contributed by atoms with Crippen molar-refractivity contribution in [2.24, 2.45) is 0 Å². The Labute approximate surface area is 82.8 Å². The third-order valence-corrected chi connectivity index (χ3v) is 2.06. The van der Waals surface area contributed by atoms with E-state index in [9.17, 15) is 0 Å². The quantitative estimate of drug-likeness (QED) is 0.801. The standard InChI is InChI=1S/C11H12N2O/c1-12-8-11-10(4-6-14-11)9-3-2-5-13-7-9/h2-7,12H,8H2,1H3. The highest BCUT2D eigenvalue weighted by Gasteiger charge is 2.06. The molecular weight excluding hydrogens is 176 g/mol. The van der Waals surface area contributed by atoms with Gasteiger partial charge in [0.05, 0.1) is 12.8 Å². The summed E-state index contributed by atoms with van der Waals surface area (Å²) < 4.78 is 5.37. The monoisotopic (exact) mass is 188 g/mol. The van der Waals surface area contributed by atoms with Crippen molar-refractivity contribution >= 4 is 0 Å². The topological polar surface area (TPSA) is 38.1 Å². The molecule has 3 heteroatoms. The predicted octanol–water partition coefficient (Wildman–Crippen LogP) is 2.06. The van der Waals surface area contributed by atoms with Gasteiger partial charge in [-0.2, -0.15) is 0 Å². The van der Waals surface area contributed by atoms with Gasteiger partial charge in [0.15, 0.2) is 0 Å². The van der Waals surface area contributed by atoms with Crippen LogP contribution in [0.15, 0.2) is 41.3 Å². The van der Waals surface area contributed by atoms with Crippen molar-refractivity contribution < 1.29 is 4.42 Å². The van der Waals surface area contributed by atoms with Gasteiger partial charge in [0.1, 0.15) is 5.76 Å². The van der Waals surface area contributed by atoms with Crippen LogP contribution in [0.5, 0.6) is 0 Å². The molecule has 0 unspecified atom stereocenters. The average Bonchev–Trinajstić information content (AvgIpc) is 2.68. The van der Waals surface area contributed by atoms with Crippen LogP contribution in [0, 0.1) is 0 Å². The maximum Gasteiger partial charge on any atom is 0.125 e. The minimum absolute atomic E-state index is 0.733. The number of furan rings is 1. The molecule has 0 saturated heterocycles. The Balaban J connectivity index is 2.37. The Kier molecular flexibility index (Phi) is 2.60. The van der Waals surface area contributed by atoms with E-state index in [4.69, 9.17) is 4.42 Å². The number of hydrogen-bond acceptors (Lipinski definition) is 3. The van der Waals surface area contributed by atoms with E-state index < -0.39 is 0 Å². The van der Waals surface area contributed by atoms with Gasteiger partial charge in [-0.3, -0.25) is 4.98 Å². The Hall–Kier alpha value is -1.61. The lowest BCUT2D eigenvalue weighted by Crippen LogP contribution is -2.04. The summed E-state index contributed by atoms with van der Waals surface area (Å²) in [5.41, 5.74) is 2.19. The molecule has 2 aromatic rings. The molecule has 0 saturated carbocycles. The first-order valence-electron chi connectivity index (χ1n) is 4.53. The number of rotatable bonds is 3. The molecule has 1 N–H and O–H groups in total. The minimum Gasteiger partial charge on any atom is -0.467 e. The number of pyridine rings is 1. The van der Waals surface area contributed by atoms with Crippen molar-refractivity contribution in [3.63, 3.8) is 0 Å². The first kappa shape index (κ1) is 8.97. The maximum atomic E-state index is 5.37. The third kappa shape index (κ3) is 1.67. The van der Waals surface area contributed by atoms with E-state index in [1.165, 1.54) is 0 Å². The summed E-state index contributed by atoms with van der Waals surface area (Å²) in [5.74, 6) is 0.945. The average molecular weight is 188 g/mol. The summed E-state index contributed by atoms with van der Waals surface area (Å²) >= 11 is 0. The molecule has 0 atom stereocenters. The van der Waals surface area contributed by atoms with Gasteiger partial charge in [-0.05, 0) is 19.2 Å². The first-order valence-corrected chi connectivity index (χ1v) is 4.53. The number of nitrogens with one attached hydrogen (secondary N) is 1. The molecule has 0 fully saturated rings. The number of nitrogens with zero attached hydrogens (tertiary/aromatic N) is 1. The molecule has 3 nitrogen and oxygen atoms in total. The van der Waals surface area contributed by atoms with Crippen LogP contribution < -0.4 is 5.32 Å². The largest absolute Gasteiger partial charge is 0.467 e. The van der Waals surface area contributed by atoms with Crippen LogP contribution in [0.4, 0.5) is 0 Å². The summed E-state index contributed by atoms with van der Waals surface area (Å²) in [6.45, 7) is 0.733. The molecule has 2 heterocycles. The molecule has 0 bridgehead atoms. The van der Waals surface area contributed by atoms with Gasteiger partial charge in [0, 0.05) is 23.5 Å². The Morgan fingerprint density at radius 1 is 1.43 bits per heavy atom. The lowest BCUT2D eigenvalue weighted by molar-refractivity contribution is 0.497. The summed E-state index contributed by atoms with van der Waals surface area (Å²) in [6, 6.07) is 5.91. The van der Waals surface area contributed by atoms with Gasteiger partial charge >= 0.3 is 0 Å². The Morgan fingerprint density at radius 3 is 3.07 bits per heavy atom. The number of aromatic nitrogens is 1. The molecule has 0 aromatic carbocycles. The van der Waals surface area contributed by atoms with Crippen molar-refractivity contribution in [2.45, 2.75) is 6.54 Å². The molecule has 0 amide bonds. The summed E-state index contributed by atoms with van der Waals surface area (Å²) in [6.07, 6.45) is 5.31. The van der Waals surface area contributed by atoms with Gasteiger partial charge in [0.25, 0.3) is 0 Å². The summed E-state index contributed by atoms with van der Waals surface area (Å²) in [5, 5.41) is 3.07.